The molecule has 2 amide bonds. The fourth-order valence-corrected chi connectivity index (χ4v) is 3.77. The number of ether oxygens (including phenoxy) is 1. The molecule has 1 heterocycles. The molecule has 0 radical (unpaired) electrons. The number of nitrogens with zero attached hydrogens (tertiary/aromatic N) is 1. The maximum atomic E-state index is 14.4. The summed E-state index contributed by atoms with van der Waals surface area (Å²) in [5.41, 5.74) is 5.53. The number of carbonyl (C=O) groups is 2. The van der Waals surface area contributed by atoms with Crippen molar-refractivity contribution < 1.29 is 37.0 Å². The standard InChI is InChI=1S/C23H22ClF4N3O4/c1-2-18(29)11-7-16(25)15(17(26)8-11)10-30-21(33)19-3-4-31(19)22(34)20(32)12-5-13(24)9-14(6-12)35-23(27)28/h2,5-9,19-20,23,32H,3-4,10,29H2,1H3,(H,30,33)/b18-2+/t19-,20?/m0/s1. The van der Waals surface area contributed by atoms with Gasteiger partial charge in [-0.15, -0.1) is 0 Å². The van der Waals surface area contributed by atoms with Crippen molar-refractivity contribution in [1.82, 2.24) is 10.2 Å². The van der Waals surface area contributed by atoms with Crippen LogP contribution in [0.2, 0.25) is 5.02 Å². The first-order valence-electron chi connectivity index (χ1n) is 10.4. The fraction of sp³-hybridized carbons (Fsp3) is 0.304. The van der Waals surface area contributed by atoms with Crippen molar-refractivity contribution in [2.24, 2.45) is 5.73 Å². The monoisotopic (exact) mass is 515 g/mol. The lowest BCUT2D eigenvalue weighted by molar-refractivity contribution is -0.154. The van der Waals surface area contributed by atoms with Crippen molar-refractivity contribution in [1.29, 1.82) is 0 Å². The summed E-state index contributed by atoms with van der Waals surface area (Å²) in [6.45, 7) is -1.86. The highest BCUT2D eigenvalue weighted by molar-refractivity contribution is 6.30. The zero-order valence-corrected chi connectivity index (χ0v) is 19.2. The number of aliphatic hydroxyl groups excluding tert-OH is 1. The Morgan fingerprint density at radius 1 is 1.26 bits per heavy atom. The van der Waals surface area contributed by atoms with Crippen LogP contribution in [-0.4, -0.2) is 41.0 Å². The van der Waals surface area contributed by atoms with Gasteiger partial charge in [0.2, 0.25) is 5.91 Å². The van der Waals surface area contributed by atoms with E-state index in [-0.39, 0.29) is 46.1 Å². The molecule has 0 spiro atoms. The molecule has 2 aromatic rings. The minimum Gasteiger partial charge on any atom is -0.435 e. The number of rotatable bonds is 8. The predicted octanol–water partition coefficient (Wildman–Crippen LogP) is 3.49. The number of likely N-dealkylation sites (tertiary alicyclic amines) is 1. The van der Waals surface area contributed by atoms with E-state index in [2.05, 4.69) is 10.1 Å². The molecule has 2 aromatic carbocycles. The summed E-state index contributed by atoms with van der Waals surface area (Å²) in [4.78, 5) is 26.4. The number of hydrogen-bond acceptors (Lipinski definition) is 5. The van der Waals surface area contributed by atoms with Crippen LogP contribution in [0.1, 0.15) is 36.1 Å². The van der Waals surface area contributed by atoms with Crippen molar-refractivity contribution >= 4 is 29.1 Å². The van der Waals surface area contributed by atoms with E-state index in [1.807, 2.05) is 0 Å². The smallest absolute Gasteiger partial charge is 0.387 e. The van der Waals surface area contributed by atoms with Gasteiger partial charge in [-0.1, -0.05) is 17.7 Å². The molecule has 7 nitrogen and oxygen atoms in total. The number of aliphatic hydroxyl groups is 1. The van der Waals surface area contributed by atoms with Gasteiger partial charge in [0.1, 0.15) is 23.4 Å². The molecule has 0 aliphatic carbocycles. The van der Waals surface area contributed by atoms with E-state index < -0.39 is 48.8 Å². The van der Waals surface area contributed by atoms with Crippen molar-refractivity contribution in [3.8, 4) is 5.75 Å². The minimum absolute atomic E-state index is 0.0471. The molecule has 2 atom stereocenters. The summed E-state index contributed by atoms with van der Waals surface area (Å²) in [5, 5.41) is 12.8. The summed E-state index contributed by atoms with van der Waals surface area (Å²) in [6, 6.07) is 4.43. The highest BCUT2D eigenvalue weighted by atomic mass is 35.5. The van der Waals surface area contributed by atoms with Crippen molar-refractivity contribution in [3.63, 3.8) is 0 Å². The van der Waals surface area contributed by atoms with Gasteiger partial charge in [0.05, 0.1) is 0 Å². The third kappa shape index (κ3) is 6.04. The van der Waals surface area contributed by atoms with E-state index in [1.54, 1.807) is 6.92 Å². The number of hydrogen-bond donors (Lipinski definition) is 3. The molecule has 12 heteroatoms. The molecule has 188 valence electrons. The lowest BCUT2D eigenvalue weighted by Crippen LogP contribution is -2.59. The first-order valence-corrected chi connectivity index (χ1v) is 10.8. The molecular weight excluding hydrogens is 494 g/mol. The Bertz CT molecular complexity index is 1140. The largest absolute Gasteiger partial charge is 0.435 e. The molecule has 35 heavy (non-hydrogen) atoms. The minimum atomic E-state index is -3.14. The van der Waals surface area contributed by atoms with Crippen molar-refractivity contribution in [3.05, 3.63) is 69.8 Å². The first kappa shape index (κ1) is 26.3. The molecule has 1 fully saturated rings. The number of nitrogens with two attached hydrogens (primary N) is 1. The van der Waals surface area contributed by atoms with Crippen LogP contribution in [0.15, 0.2) is 36.4 Å². The molecule has 0 saturated carbocycles. The van der Waals surface area contributed by atoms with Crippen molar-refractivity contribution in [2.75, 3.05) is 6.54 Å². The molecule has 1 aliphatic rings. The molecule has 4 N–H and O–H groups in total. The van der Waals surface area contributed by atoms with Gasteiger partial charge < -0.3 is 25.8 Å². The van der Waals surface area contributed by atoms with Crippen LogP contribution < -0.4 is 15.8 Å². The number of carbonyl (C=O) groups excluding carboxylic acids is 2. The molecule has 3 rings (SSSR count). The zero-order chi connectivity index (χ0) is 25.9. The average Bonchev–Trinajstić information content (AvgIpc) is 2.75. The number of amides is 2. The van der Waals surface area contributed by atoms with Crippen LogP contribution in [-0.2, 0) is 16.1 Å². The van der Waals surface area contributed by atoms with E-state index >= 15 is 0 Å². The second-order valence-electron chi connectivity index (χ2n) is 7.72. The van der Waals surface area contributed by atoms with Crippen LogP contribution in [0.5, 0.6) is 5.75 Å². The second kappa shape index (κ2) is 11.0. The topological polar surface area (TPSA) is 105 Å². The Morgan fingerprint density at radius 2 is 1.91 bits per heavy atom. The third-order valence-corrected chi connectivity index (χ3v) is 5.72. The summed E-state index contributed by atoms with van der Waals surface area (Å²) in [7, 11) is 0. The number of benzene rings is 2. The Hall–Kier alpha value is -3.31. The van der Waals surface area contributed by atoms with Gasteiger partial charge in [0.15, 0.2) is 6.10 Å². The summed E-state index contributed by atoms with van der Waals surface area (Å²) in [6.07, 6.45) is -0.0623. The Kier molecular flexibility index (Phi) is 8.23. The van der Waals surface area contributed by atoms with Crippen molar-refractivity contribution in [2.45, 2.75) is 38.6 Å². The molecular formula is C23H22ClF4N3O4. The normalized spacial score (nSPS) is 16.6. The third-order valence-electron chi connectivity index (χ3n) is 5.50. The predicted molar refractivity (Wildman–Crippen MR) is 119 cm³/mol. The zero-order valence-electron chi connectivity index (χ0n) is 18.4. The fourth-order valence-electron chi connectivity index (χ4n) is 3.54. The van der Waals surface area contributed by atoms with E-state index in [0.29, 0.717) is 0 Å². The van der Waals surface area contributed by atoms with Crippen LogP contribution in [0.3, 0.4) is 0 Å². The average molecular weight is 516 g/mol. The Balaban J connectivity index is 1.66. The molecule has 0 aromatic heterocycles. The molecule has 1 saturated heterocycles. The van der Waals surface area contributed by atoms with Gasteiger partial charge in [0, 0.05) is 34.9 Å². The lowest BCUT2D eigenvalue weighted by atomic mass is 9.98. The Labute approximate surface area is 203 Å². The lowest BCUT2D eigenvalue weighted by Gasteiger charge is -2.40. The maximum absolute atomic E-state index is 14.4. The number of alkyl halides is 2. The van der Waals surface area contributed by atoms with Crippen LogP contribution in [0.25, 0.3) is 5.70 Å². The van der Waals surface area contributed by atoms with E-state index in [4.69, 9.17) is 17.3 Å². The Morgan fingerprint density at radius 3 is 2.46 bits per heavy atom. The number of nitrogens with one attached hydrogen (secondary N) is 1. The van der Waals surface area contributed by atoms with E-state index in [0.717, 1.165) is 29.2 Å². The van der Waals surface area contributed by atoms with Gasteiger partial charge in [0.25, 0.3) is 5.91 Å². The molecule has 0 bridgehead atoms. The quantitative estimate of drug-likeness (QED) is 0.467. The van der Waals surface area contributed by atoms with E-state index in [9.17, 15) is 32.3 Å². The molecule has 1 aliphatic heterocycles. The SMILES string of the molecule is C/C=C(/N)c1cc(F)c(CNC(=O)[C@@H]2CCN2C(=O)C(O)c2cc(Cl)cc(OC(F)F)c2)c(F)c1. The number of allylic oxidation sites excluding steroid dienone is 1. The maximum Gasteiger partial charge on any atom is 0.387 e. The van der Waals surface area contributed by atoms with Crippen LogP contribution >= 0.6 is 11.6 Å². The highest BCUT2D eigenvalue weighted by Gasteiger charge is 2.40. The van der Waals surface area contributed by atoms with Crippen LogP contribution in [0, 0.1) is 11.6 Å². The van der Waals surface area contributed by atoms with E-state index in [1.165, 1.54) is 12.1 Å². The van der Waals surface area contributed by atoms with Gasteiger partial charge >= 0.3 is 6.61 Å². The highest BCUT2D eigenvalue weighted by Crippen LogP contribution is 2.30. The van der Waals surface area contributed by atoms with Gasteiger partial charge in [-0.2, -0.15) is 8.78 Å². The number of halogens is 5. The van der Waals surface area contributed by atoms with Gasteiger partial charge in [-0.25, -0.2) is 8.78 Å². The first-order chi connectivity index (χ1) is 16.5. The second-order valence-corrected chi connectivity index (χ2v) is 8.15. The summed E-state index contributed by atoms with van der Waals surface area (Å²) < 4.78 is 58.0. The van der Waals surface area contributed by atoms with Gasteiger partial charge in [-0.05, 0) is 49.2 Å². The summed E-state index contributed by atoms with van der Waals surface area (Å²) in [5.74, 6) is -3.70. The summed E-state index contributed by atoms with van der Waals surface area (Å²) >= 11 is 5.85. The molecule has 1 unspecified atom stereocenters. The van der Waals surface area contributed by atoms with Crippen LogP contribution in [0.4, 0.5) is 17.6 Å². The van der Waals surface area contributed by atoms with Gasteiger partial charge in [-0.3, -0.25) is 9.59 Å².